The van der Waals surface area contributed by atoms with Crippen LogP contribution < -0.4 is 22.4 Å². The number of amides is 1. The van der Waals surface area contributed by atoms with E-state index in [0.29, 0.717) is 5.16 Å². The fourth-order valence-electron chi connectivity index (χ4n) is 1.44. The highest BCUT2D eigenvalue weighted by Gasteiger charge is 2.11. The van der Waals surface area contributed by atoms with Crippen LogP contribution in [0.5, 0.6) is 0 Å². The van der Waals surface area contributed by atoms with Crippen LogP contribution in [-0.4, -0.2) is 26.5 Å². The maximum atomic E-state index is 11.8. The number of hydrazine groups is 1. The summed E-state index contributed by atoms with van der Waals surface area (Å²) in [6, 6.07) is 7.55. The molecule has 0 aliphatic rings. The molecule has 0 fully saturated rings. The number of nitrogens with two attached hydrogens (primary N) is 2. The molecule has 20 heavy (non-hydrogen) atoms. The van der Waals surface area contributed by atoms with Crippen molar-refractivity contribution < 1.29 is 4.79 Å². The quantitative estimate of drug-likeness (QED) is 0.355. The van der Waals surface area contributed by atoms with E-state index in [4.69, 9.17) is 11.7 Å². The molecule has 106 valence electrons. The summed E-state index contributed by atoms with van der Waals surface area (Å²) in [5, 5.41) is 10.7. The SMILES string of the molecule is Cc1ccc(NC(=O)CSc2nnc(NN)n2N)cc1. The normalized spacial score (nSPS) is 10.3. The summed E-state index contributed by atoms with van der Waals surface area (Å²) in [7, 11) is 0. The number of rotatable bonds is 5. The van der Waals surface area contributed by atoms with Gasteiger partial charge in [0.15, 0.2) is 0 Å². The zero-order valence-electron chi connectivity index (χ0n) is 10.8. The van der Waals surface area contributed by atoms with Crippen molar-refractivity contribution in [1.82, 2.24) is 14.9 Å². The minimum Gasteiger partial charge on any atom is -0.334 e. The van der Waals surface area contributed by atoms with E-state index in [1.165, 1.54) is 16.4 Å². The third kappa shape index (κ3) is 3.39. The zero-order chi connectivity index (χ0) is 14.5. The van der Waals surface area contributed by atoms with Crippen LogP contribution in [0.4, 0.5) is 11.6 Å². The fourth-order valence-corrected chi connectivity index (χ4v) is 2.09. The van der Waals surface area contributed by atoms with E-state index in [9.17, 15) is 4.79 Å². The highest BCUT2D eigenvalue weighted by molar-refractivity contribution is 7.99. The van der Waals surface area contributed by atoms with E-state index in [1.807, 2.05) is 31.2 Å². The lowest BCUT2D eigenvalue weighted by Gasteiger charge is -2.05. The van der Waals surface area contributed by atoms with Gasteiger partial charge in [-0.05, 0) is 19.1 Å². The molecule has 0 aliphatic heterocycles. The molecule has 1 aromatic carbocycles. The summed E-state index contributed by atoms with van der Waals surface area (Å²) < 4.78 is 1.18. The molecule has 0 saturated carbocycles. The Morgan fingerprint density at radius 3 is 2.65 bits per heavy atom. The minimum absolute atomic E-state index is 0.149. The molecular formula is C11H15N7OS. The largest absolute Gasteiger partial charge is 0.334 e. The highest BCUT2D eigenvalue weighted by atomic mass is 32.2. The van der Waals surface area contributed by atoms with Gasteiger partial charge in [-0.2, -0.15) is 0 Å². The Hall–Kier alpha value is -2.26. The van der Waals surface area contributed by atoms with Crippen molar-refractivity contribution in [3.05, 3.63) is 29.8 Å². The fraction of sp³-hybridized carbons (Fsp3) is 0.182. The zero-order valence-corrected chi connectivity index (χ0v) is 11.6. The molecule has 0 aliphatic carbocycles. The van der Waals surface area contributed by atoms with Crippen LogP contribution in [-0.2, 0) is 4.79 Å². The second-order valence-corrected chi connectivity index (χ2v) is 4.97. The van der Waals surface area contributed by atoms with Gasteiger partial charge in [-0.25, -0.2) is 10.5 Å². The minimum atomic E-state index is -0.149. The Kier molecular flexibility index (Phi) is 4.43. The molecule has 0 bridgehead atoms. The average molecular weight is 293 g/mol. The predicted octanol–water partition coefficient (Wildman–Crippen LogP) is 0.317. The van der Waals surface area contributed by atoms with Gasteiger partial charge in [-0.3, -0.25) is 10.2 Å². The summed E-state index contributed by atoms with van der Waals surface area (Å²) in [6.45, 7) is 1.98. The van der Waals surface area contributed by atoms with E-state index >= 15 is 0 Å². The molecule has 0 saturated heterocycles. The number of carbonyl (C=O) groups excluding carboxylic acids is 1. The first kappa shape index (κ1) is 14.2. The molecular weight excluding hydrogens is 278 g/mol. The topological polar surface area (TPSA) is 124 Å². The smallest absolute Gasteiger partial charge is 0.258 e. The molecule has 0 unspecified atom stereocenters. The van der Waals surface area contributed by atoms with E-state index < -0.39 is 0 Å². The second kappa shape index (κ2) is 6.26. The van der Waals surface area contributed by atoms with Crippen LogP contribution in [0.2, 0.25) is 0 Å². The van der Waals surface area contributed by atoms with Gasteiger partial charge in [-0.15, -0.1) is 10.2 Å². The number of hydrogen-bond donors (Lipinski definition) is 4. The Labute approximate surface area is 119 Å². The van der Waals surface area contributed by atoms with Crippen molar-refractivity contribution in [2.45, 2.75) is 12.1 Å². The standard InChI is InChI=1S/C11H15N7OS/c1-7-2-4-8(5-3-7)14-9(19)6-20-11-17-16-10(15-12)18(11)13/h2-5H,6,12-13H2,1H3,(H,14,19)(H,15,16). The van der Waals surface area contributed by atoms with Crippen molar-refractivity contribution >= 4 is 29.3 Å². The molecule has 1 aromatic heterocycles. The average Bonchev–Trinajstić information content (AvgIpc) is 2.79. The van der Waals surface area contributed by atoms with Crippen LogP contribution in [0.25, 0.3) is 0 Å². The van der Waals surface area contributed by atoms with Crippen LogP contribution in [0.1, 0.15) is 5.56 Å². The van der Waals surface area contributed by atoms with Gasteiger partial charge in [0, 0.05) is 5.69 Å². The van der Waals surface area contributed by atoms with Crippen LogP contribution in [0.15, 0.2) is 29.4 Å². The van der Waals surface area contributed by atoms with Crippen LogP contribution in [0.3, 0.4) is 0 Å². The number of aromatic nitrogens is 3. The number of anilines is 2. The second-order valence-electron chi connectivity index (χ2n) is 4.02. The first-order valence-electron chi connectivity index (χ1n) is 5.76. The highest BCUT2D eigenvalue weighted by Crippen LogP contribution is 2.16. The Morgan fingerprint density at radius 2 is 2.05 bits per heavy atom. The van der Waals surface area contributed by atoms with Crippen molar-refractivity contribution in [2.24, 2.45) is 5.84 Å². The van der Waals surface area contributed by atoms with E-state index in [1.54, 1.807) is 0 Å². The third-order valence-electron chi connectivity index (χ3n) is 2.46. The van der Waals surface area contributed by atoms with E-state index in [-0.39, 0.29) is 17.6 Å². The van der Waals surface area contributed by atoms with Crippen LogP contribution in [0, 0.1) is 6.92 Å². The predicted molar refractivity (Wildman–Crippen MR) is 78.5 cm³/mol. The van der Waals surface area contributed by atoms with Crippen molar-refractivity contribution in [2.75, 3.05) is 22.3 Å². The third-order valence-corrected chi connectivity index (χ3v) is 3.40. The van der Waals surface area contributed by atoms with Gasteiger partial charge in [-0.1, -0.05) is 29.5 Å². The summed E-state index contributed by atoms with van der Waals surface area (Å²) in [5.41, 5.74) is 4.18. The molecule has 1 amide bonds. The lowest BCUT2D eigenvalue weighted by molar-refractivity contribution is -0.113. The van der Waals surface area contributed by atoms with E-state index in [2.05, 4.69) is 20.9 Å². The van der Waals surface area contributed by atoms with Crippen molar-refractivity contribution in [1.29, 1.82) is 0 Å². The molecule has 2 aromatic rings. The van der Waals surface area contributed by atoms with Gasteiger partial charge in [0.2, 0.25) is 11.1 Å². The number of nitrogens with one attached hydrogen (secondary N) is 2. The Morgan fingerprint density at radius 1 is 1.35 bits per heavy atom. The number of nitrogens with zero attached hydrogens (tertiary/aromatic N) is 3. The molecule has 1 heterocycles. The molecule has 0 spiro atoms. The summed E-state index contributed by atoms with van der Waals surface area (Å²) in [4.78, 5) is 11.8. The van der Waals surface area contributed by atoms with E-state index in [0.717, 1.165) is 11.3 Å². The number of hydrogen-bond acceptors (Lipinski definition) is 7. The lowest BCUT2D eigenvalue weighted by Crippen LogP contribution is -2.19. The number of benzene rings is 1. The Balaban J connectivity index is 1.88. The molecule has 2 rings (SSSR count). The van der Waals surface area contributed by atoms with Gasteiger partial charge in [0.05, 0.1) is 5.75 Å². The summed E-state index contributed by atoms with van der Waals surface area (Å²) in [6.07, 6.45) is 0. The molecule has 8 nitrogen and oxygen atoms in total. The van der Waals surface area contributed by atoms with Gasteiger partial charge in [0.25, 0.3) is 5.95 Å². The summed E-state index contributed by atoms with van der Waals surface area (Å²) in [5.74, 6) is 11.1. The monoisotopic (exact) mass is 293 g/mol. The molecule has 0 radical (unpaired) electrons. The lowest BCUT2D eigenvalue weighted by atomic mass is 10.2. The maximum Gasteiger partial charge on any atom is 0.258 e. The summed E-state index contributed by atoms with van der Waals surface area (Å²) >= 11 is 1.17. The molecule has 9 heteroatoms. The van der Waals surface area contributed by atoms with Crippen molar-refractivity contribution in [3.63, 3.8) is 0 Å². The number of carbonyl (C=O) groups is 1. The van der Waals surface area contributed by atoms with Gasteiger partial charge in [0.1, 0.15) is 0 Å². The number of aryl methyl sites for hydroxylation is 1. The first-order chi connectivity index (χ1) is 9.60. The van der Waals surface area contributed by atoms with Gasteiger partial charge < -0.3 is 11.2 Å². The molecule has 0 atom stereocenters. The van der Waals surface area contributed by atoms with Crippen molar-refractivity contribution in [3.8, 4) is 0 Å². The van der Waals surface area contributed by atoms with Crippen LogP contribution >= 0.6 is 11.8 Å². The molecule has 6 N–H and O–H groups in total. The first-order valence-corrected chi connectivity index (χ1v) is 6.75. The van der Waals surface area contributed by atoms with Gasteiger partial charge >= 0.3 is 0 Å². The number of nitrogen functional groups attached to an aromatic ring is 2. The Bertz CT molecular complexity index is 595. The maximum absolute atomic E-state index is 11.8. The number of thioether (sulfide) groups is 1.